The van der Waals surface area contributed by atoms with E-state index < -0.39 is 66.1 Å². The van der Waals surface area contributed by atoms with Gasteiger partial charge in [0.25, 0.3) is 0 Å². The number of ether oxygens (including phenoxy) is 5. The summed E-state index contributed by atoms with van der Waals surface area (Å²) in [5, 5.41) is 10.6. The number of fused-ring (bicyclic) bond motifs is 1. The van der Waals surface area contributed by atoms with Gasteiger partial charge in [-0.25, -0.2) is 14.4 Å². The van der Waals surface area contributed by atoms with Crippen molar-refractivity contribution < 1.29 is 43.2 Å². The van der Waals surface area contributed by atoms with Crippen LogP contribution in [0.5, 0.6) is 0 Å². The van der Waals surface area contributed by atoms with Gasteiger partial charge in [-0.1, -0.05) is 50.3 Å². The first-order chi connectivity index (χ1) is 22.4. The van der Waals surface area contributed by atoms with E-state index in [1.165, 1.54) is 7.11 Å². The van der Waals surface area contributed by atoms with Gasteiger partial charge in [-0.15, -0.1) is 0 Å². The van der Waals surface area contributed by atoms with Crippen LogP contribution in [0.2, 0.25) is 0 Å². The number of nitrogens with one attached hydrogen (secondary N) is 1. The molecule has 1 saturated heterocycles. The number of aliphatic hydroxyl groups is 1. The average molecular weight is 650 g/mol. The topological polar surface area (TPSA) is 133 Å². The number of aromatic amines is 1. The molecule has 3 aliphatic rings. The Hall–Kier alpha value is -3.73. The van der Waals surface area contributed by atoms with Crippen LogP contribution in [0.15, 0.2) is 66.4 Å². The van der Waals surface area contributed by atoms with Crippen LogP contribution < -0.4 is 0 Å². The Morgan fingerprint density at radius 3 is 2.43 bits per heavy atom. The van der Waals surface area contributed by atoms with Crippen molar-refractivity contribution >= 4 is 17.9 Å². The van der Waals surface area contributed by atoms with E-state index in [0.717, 1.165) is 11.1 Å². The molecule has 11 atom stereocenters. The zero-order valence-corrected chi connectivity index (χ0v) is 28.2. The number of hydrogen-bond acceptors (Lipinski definition) is 9. The summed E-state index contributed by atoms with van der Waals surface area (Å²) in [5.74, 6) is -2.73. The molecule has 1 spiro atoms. The fourth-order valence-corrected chi connectivity index (χ4v) is 7.30. The highest BCUT2D eigenvalue weighted by Gasteiger charge is 2.57. The van der Waals surface area contributed by atoms with Gasteiger partial charge in [-0.05, 0) is 69.9 Å². The summed E-state index contributed by atoms with van der Waals surface area (Å²) in [4.78, 5) is 42.8. The number of rotatable bonds is 9. The minimum absolute atomic E-state index is 0.117. The van der Waals surface area contributed by atoms with Crippen LogP contribution in [-0.4, -0.2) is 77.3 Å². The SMILES string of the molecule is CO[C@H]1CC2C=C[C@@H]3C[C@]2(O[C@H]3[C@H](OC(=O)c2ccc[nH]2)[C@H](C)[C@H](C)O)/C(C)=C/[C@@H](C)[C@@H]([C@@H](C)OC(=O)c2ccccc2C)OC1=O. The quantitative estimate of drug-likeness (QED) is 0.209. The summed E-state index contributed by atoms with van der Waals surface area (Å²) in [6.07, 6.45) is 4.15. The predicted molar refractivity (Wildman–Crippen MR) is 173 cm³/mol. The third-order valence-corrected chi connectivity index (χ3v) is 10.2. The molecule has 1 aliphatic carbocycles. The summed E-state index contributed by atoms with van der Waals surface area (Å²) in [6.45, 7) is 11.0. The molecule has 1 aromatic heterocycles. The summed E-state index contributed by atoms with van der Waals surface area (Å²) in [6, 6.07) is 10.5. The molecule has 47 heavy (non-hydrogen) atoms. The van der Waals surface area contributed by atoms with Crippen molar-refractivity contribution in [3.8, 4) is 0 Å². The molecule has 0 radical (unpaired) electrons. The number of esters is 3. The minimum atomic E-state index is -0.904. The third kappa shape index (κ3) is 6.96. The molecule has 10 heteroatoms. The van der Waals surface area contributed by atoms with Crippen LogP contribution in [0.3, 0.4) is 0 Å². The molecule has 2 bridgehead atoms. The third-order valence-electron chi connectivity index (χ3n) is 10.2. The first kappa shape index (κ1) is 34.6. The molecule has 1 aromatic carbocycles. The number of aromatic nitrogens is 1. The minimum Gasteiger partial charge on any atom is -0.456 e. The first-order valence-corrected chi connectivity index (χ1v) is 16.4. The number of hydrogen-bond donors (Lipinski definition) is 2. The van der Waals surface area contributed by atoms with Crippen molar-refractivity contribution in [3.05, 3.63) is 83.2 Å². The summed E-state index contributed by atoms with van der Waals surface area (Å²) in [5.41, 5.74) is 1.64. The van der Waals surface area contributed by atoms with Gasteiger partial charge >= 0.3 is 17.9 Å². The van der Waals surface area contributed by atoms with Gasteiger partial charge in [0, 0.05) is 37.0 Å². The normalized spacial score (nSPS) is 32.5. The van der Waals surface area contributed by atoms with Crippen LogP contribution in [0.4, 0.5) is 0 Å². The monoisotopic (exact) mass is 649 g/mol. The molecule has 3 heterocycles. The Balaban J connectivity index is 1.47. The maximum absolute atomic E-state index is 13.6. The summed E-state index contributed by atoms with van der Waals surface area (Å²) in [7, 11) is 1.47. The molecule has 1 fully saturated rings. The highest BCUT2D eigenvalue weighted by atomic mass is 16.6. The van der Waals surface area contributed by atoms with E-state index in [0.29, 0.717) is 17.7 Å². The van der Waals surface area contributed by atoms with E-state index in [-0.39, 0.29) is 24.2 Å². The van der Waals surface area contributed by atoms with Gasteiger partial charge in [-0.3, -0.25) is 0 Å². The molecule has 0 amide bonds. The lowest BCUT2D eigenvalue weighted by atomic mass is 9.69. The molecule has 2 aromatic rings. The number of benzene rings is 1. The van der Waals surface area contributed by atoms with Crippen LogP contribution in [0.25, 0.3) is 0 Å². The molecule has 10 nitrogen and oxygen atoms in total. The Kier molecular flexibility index (Phi) is 10.4. The number of aliphatic hydroxyl groups excluding tert-OH is 1. The fraction of sp³-hybridized carbons (Fsp3) is 0.541. The highest BCUT2D eigenvalue weighted by molar-refractivity contribution is 5.91. The number of H-pyrrole nitrogens is 1. The Labute approximate surface area is 276 Å². The Morgan fingerprint density at radius 1 is 1.02 bits per heavy atom. The van der Waals surface area contributed by atoms with Crippen molar-refractivity contribution in [2.24, 2.45) is 23.7 Å². The molecular formula is C37H47NO9. The standard InChI is InChI=1S/C37H47NO9/c1-20-11-8-9-12-28(20)34(40)44-25(6)31-21(2)17-22(3)37-19-26(14-15-27(37)18-30(43-7)36(42)45-31)33(47-37)32(23(4)24(5)39)46-35(41)29-13-10-16-38-29/h8-17,21,23-27,30-33,38-39H,18-19H2,1-7H3/b22-17+/t21-,23-,24+,25-,26-,27?,30+,31+,32-,33-,37+/m1/s1. The largest absolute Gasteiger partial charge is 0.456 e. The van der Waals surface area contributed by atoms with Crippen LogP contribution in [0, 0.1) is 30.6 Å². The maximum atomic E-state index is 13.6. The fourth-order valence-electron chi connectivity index (χ4n) is 7.30. The predicted octanol–water partition coefficient (Wildman–Crippen LogP) is 5.35. The second-order valence-electron chi connectivity index (χ2n) is 13.4. The molecular weight excluding hydrogens is 602 g/mol. The highest BCUT2D eigenvalue weighted by Crippen LogP contribution is 2.53. The van der Waals surface area contributed by atoms with Crippen molar-refractivity contribution in [2.75, 3.05) is 7.11 Å². The average Bonchev–Trinajstić information content (AvgIpc) is 3.69. The number of carbonyl (C=O) groups excluding carboxylic acids is 3. The number of cyclic esters (lactones) is 1. The van der Waals surface area contributed by atoms with Crippen molar-refractivity contribution in [3.63, 3.8) is 0 Å². The lowest BCUT2D eigenvalue weighted by molar-refractivity contribution is -0.172. The maximum Gasteiger partial charge on any atom is 0.355 e. The summed E-state index contributed by atoms with van der Waals surface area (Å²) < 4.78 is 30.7. The zero-order valence-electron chi connectivity index (χ0n) is 28.2. The Morgan fingerprint density at radius 2 is 1.77 bits per heavy atom. The zero-order chi connectivity index (χ0) is 34.0. The molecule has 0 saturated carbocycles. The lowest BCUT2D eigenvalue weighted by Gasteiger charge is -2.42. The van der Waals surface area contributed by atoms with Gasteiger partial charge in [0.15, 0.2) is 6.10 Å². The second kappa shape index (κ2) is 14.2. The smallest absolute Gasteiger partial charge is 0.355 e. The molecule has 254 valence electrons. The number of aryl methyl sites for hydroxylation is 1. The summed E-state index contributed by atoms with van der Waals surface area (Å²) >= 11 is 0. The molecule has 2 aliphatic heterocycles. The number of carbonyl (C=O) groups is 3. The Bertz CT molecular complexity index is 1500. The van der Waals surface area contributed by atoms with Gasteiger partial charge in [0.1, 0.15) is 30.1 Å². The van der Waals surface area contributed by atoms with E-state index in [4.69, 9.17) is 23.7 Å². The van der Waals surface area contributed by atoms with E-state index in [1.54, 1.807) is 44.3 Å². The van der Waals surface area contributed by atoms with Gasteiger partial charge in [-0.2, -0.15) is 0 Å². The second-order valence-corrected chi connectivity index (χ2v) is 13.4. The van der Waals surface area contributed by atoms with Crippen molar-refractivity contribution in [2.45, 2.75) is 96.6 Å². The van der Waals surface area contributed by atoms with Gasteiger partial charge in [0.05, 0.1) is 17.3 Å². The van der Waals surface area contributed by atoms with E-state index in [1.807, 2.05) is 45.9 Å². The molecule has 5 rings (SSSR count). The van der Waals surface area contributed by atoms with E-state index in [9.17, 15) is 19.5 Å². The van der Waals surface area contributed by atoms with Crippen LogP contribution in [0.1, 0.15) is 73.9 Å². The molecule has 1 unspecified atom stereocenters. The van der Waals surface area contributed by atoms with E-state index >= 15 is 0 Å². The number of methoxy groups -OCH3 is 1. The van der Waals surface area contributed by atoms with E-state index in [2.05, 4.69) is 17.1 Å². The lowest BCUT2D eigenvalue weighted by Crippen LogP contribution is -2.48. The molecule has 2 N–H and O–H groups in total. The van der Waals surface area contributed by atoms with Gasteiger partial charge < -0.3 is 33.8 Å². The first-order valence-electron chi connectivity index (χ1n) is 16.4. The van der Waals surface area contributed by atoms with Crippen LogP contribution in [-0.2, 0) is 28.5 Å². The van der Waals surface area contributed by atoms with Crippen molar-refractivity contribution in [1.82, 2.24) is 4.98 Å². The van der Waals surface area contributed by atoms with Crippen molar-refractivity contribution in [1.29, 1.82) is 0 Å². The van der Waals surface area contributed by atoms with Crippen LogP contribution >= 0.6 is 0 Å². The van der Waals surface area contributed by atoms with Gasteiger partial charge in [0.2, 0.25) is 0 Å².